The van der Waals surface area contributed by atoms with E-state index in [0.717, 1.165) is 28.0 Å². The van der Waals surface area contributed by atoms with Crippen molar-refractivity contribution >= 4 is 38.6 Å². The lowest BCUT2D eigenvalue weighted by Gasteiger charge is -2.12. The van der Waals surface area contributed by atoms with E-state index >= 15 is 0 Å². The second-order valence-corrected chi connectivity index (χ2v) is 9.59. The van der Waals surface area contributed by atoms with Crippen molar-refractivity contribution in [2.24, 2.45) is 0 Å². The SMILES string of the molecule is COc1cc[n+](-c2nc3cc4c(cc3[nH]2)OCO4)c(CSSc2ccccc2C(=O)O)c1C.[Cl-]. The highest BCUT2D eigenvalue weighted by atomic mass is 35.5. The second kappa shape index (κ2) is 10.0. The number of fused-ring (bicyclic) bond motifs is 2. The summed E-state index contributed by atoms with van der Waals surface area (Å²) >= 11 is 0. The van der Waals surface area contributed by atoms with E-state index in [9.17, 15) is 9.90 Å². The fourth-order valence-corrected chi connectivity index (χ4v) is 6.00. The molecule has 2 aromatic heterocycles. The van der Waals surface area contributed by atoms with Crippen LogP contribution in [0.1, 0.15) is 21.6 Å². The molecule has 34 heavy (non-hydrogen) atoms. The molecule has 0 amide bonds. The van der Waals surface area contributed by atoms with E-state index in [4.69, 9.17) is 19.2 Å². The second-order valence-electron chi connectivity index (χ2n) is 7.26. The predicted molar refractivity (Wildman–Crippen MR) is 126 cm³/mol. The van der Waals surface area contributed by atoms with Crippen LogP contribution in [0.4, 0.5) is 0 Å². The number of halogens is 1. The Labute approximate surface area is 209 Å². The number of H-pyrrole nitrogens is 1. The topological polar surface area (TPSA) is 97.5 Å². The Morgan fingerprint density at radius 1 is 1.24 bits per heavy atom. The summed E-state index contributed by atoms with van der Waals surface area (Å²) in [5.74, 6) is 2.47. The van der Waals surface area contributed by atoms with Crippen LogP contribution in [0, 0.1) is 6.92 Å². The molecule has 0 saturated heterocycles. The molecule has 11 heteroatoms. The highest BCUT2D eigenvalue weighted by Crippen LogP contribution is 2.37. The number of carboxylic acid groups (broad SMARTS) is 1. The molecular weight excluding hydrogens is 498 g/mol. The lowest BCUT2D eigenvalue weighted by molar-refractivity contribution is -0.610. The largest absolute Gasteiger partial charge is 1.00 e. The molecule has 0 fully saturated rings. The number of carboxylic acids is 1. The van der Waals surface area contributed by atoms with Crippen molar-refractivity contribution < 1.29 is 41.1 Å². The number of aromatic amines is 1. The van der Waals surface area contributed by atoms with E-state index in [1.54, 1.807) is 30.0 Å². The number of hydrogen-bond donors (Lipinski definition) is 2. The maximum atomic E-state index is 11.5. The number of carbonyl (C=O) groups is 1. The van der Waals surface area contributed by atoms with Gasteiger partial charge in [-0.3, -0.25) is 0 Å². The van der Waals surface area contributed by atoms with Gasteiger partial charge in [-0.25, -0.2) is 14.3 Å². The Balaban J connectivity index is 0.00000274. The van der Waals surface area contributed by atoms with E-state index in [1.165, 1.54) is 10.8 Å². The summed E-state index contributed by atoms with van der Waals surface area (Å²) in [4.78, 5) is 20.3. The monoisotopic (exact) mass is 517 g/mol. The number of ether oxygens (including phenoxy) is 3. The zero-order chi connectivity index (χ0) is 22.9. The molecule has 1 aliphatic heterocycles. The number of aromatic nitrogens is 3. The van der Waals surface area contributed by atoms with Gasteiger partial charge in [-0.15, -0.1) is 0 Å². The van der Waals surface area contributed by atoms with Gasteiger partial charge >= 0.3 is 11.9 Å². The Morgan fingerprint density at radius 2 is 2.00 bits per heavy atom. The molecule has 0 aliphatic carbocycles. The average Bonchev–Trinajstić information content (AvgIpc) is 3.44. The predicted octanol–water partition coefficient (Wildman–Crippen LogP) is 1.53. The van der Waals surface area contributed by atoms with Crippen molar-refractivity contribution in [3.63, 3.8) is 0 Å². The van der Waals surface area contributed by atoms with Crippen molar-refractivity contribution in [2.75, 3.05) is 13.9 Å². The van der Waals surface area contributed by atoms with E-state index in [2.05, 4.69) is 4.98 Å². The van der Waals surface area contributed by atoms with Gasteiger partial charge in [-0.2, -0.15) is 0 Å². The molecule has 0 saturated carbocycles. The highest BCUT2D eigenvalue weighted by Gasteiger charge is 2.24. The minimum atomic E-state index is -0.937. The third-order valence-corrected chi connectivity index (χ3v) is 7.63. The minimum Gasteiger partial charge on any atom is -1.00 e. The number of methoxy groups -OCH3 is 1. The first kappa shape index (κ1) is 24.1. The van der Waals surface area contributed by atoms with Gasteiger partial charge in [0.05, 0.1) is 24.6 Å². The lowest BCUT2D eigenvalue weighted by atomic mass is 10.2. The number of hydrogen-bond acceptors (Lipinski definition) is 7. The molecule has 1 aliphatic rings. The van der Waals surface area contributed by atoms with E-state index < -0.39 is 5.97 Å². The first-order chi connectivity index (χ1) is 16.0. The number of benzene rings is 2. The Kier molecular flexibility index (Phi) is 7.11. The molecule has 2 N–H and O–H groups in total. The number of aromatic carboxylic acids is 1. The quantitative estimate of drug-likeness (QED) is 0.281. The summed E-state index contributed by atoms with van der Waals surface area (Å²) in [6.07, 6.45) is 1.91. The minimum absolute atomic E-state index is 0. The maximum Gasteiger partial charge on any atom is 0.402 e. The fourth-order valence-electron chi connectivity index (χ4n) is 3.64. The van der Waals surface area contributed by atoms with Gasteiger partial charge in [0.25, 0.3) is 0 Å². The molecule has 2 aromatic carbocycles. The Morgan fingerprint density at radius 3 is 2.76 bits per heavy atom. The molecule has 0 unspecified atom stereocenters. The average molecular weight is 518 g/mol. The number of pyridine rings is 1. The van der Waals surface area contributed by atoms with Crippen LogP contribution in [-0.4, -0.2) is 34.9 Å². The summed E-state index contributed by atoms with van der Waals surface area (Å²) in [6, 6.07) is 12.6. The van der Waals surface area contributed by atoms with Crippen LogP contribution in [0.15, 0.2) is 53.6 Å². The Hall–Kier alpha value is -3.08. The molecule has 176 valence electrons. The highest BCUT2D eigenvalue weighted by molar-refractivity contribution is 8.76. The van der Waals surface area contributed by atoms with Crippen molar-refractivity contribution in [1.82, 2.24) is 9.97 Å². The van der Waals surface area contributed by atoms with Crippen LogP contribution in [0.3, 0.4) is 0 Å². The van der Waals surface area contributed by atoms with Crippen molar-refractivity contribution in [2.45, 2.75) is 17.6 Å². The number of rotatable bonds is 7. The first-order valence-electron chi connectivity index (χ1n) is 10.0. The van der Waals surface area contributed by atoms with Gasteiger partial charge in [0, 0.05) is 28.7 Å². The van der Waals surface area contributed by atoms with Gasteiger partial charge in [-0.05, 0) is 19.1 Å². The zero-order valence-corrected chi connectivity index (χ0v) is 20.6. The third-order valence-electron chi connectivity index (χ3n) is 5.34. The van der Waals surface area contributed by atoms with Gasteiger partial charge in [0.2, 0.25) is 6.79 Å². The van der Waals surface area contributed by atoms with Gasteiger partial charge in [-0.1, -0.05) is 38.7 Å². The summed E-state index contributed by atoms with van der Waals surface area (Å²) in [6.45, 7) is 2.21. The fraction of sp³-hybridized carbons (Fsp3) is 0.174. The lowest BCUT2D eigenvalue weighted by Crippen LogP contribution is -3.00. The van der Waals surface area contributed by atoms with Gasteiger partial charge in [0.15, 0.2) is 17.0 Å². The zero-order valence-electron chi connectivity index (χ0n) is 18.2. The van der Waals surface area contributed by atoms with Crippen molar-refractivity contribution in [1.29, 1.82) is 0 Å². The van der Waals surface area contributed by atoms with E-state index in [0.29, 0.717) is 33.7 Å². The van der Waals surface area contributed by atoms with Crippen LogP contribution < -0.4 is 31.2 Å². The van der Waals surface area contributed by atoms with Crippen molar-refractivity contribution in [3.05, 3.63) is 65.5 Å². The molecule has 0 atom stereocenters. The third kappa shape index (κ3) is 4.48. The van der Waals surface area contributed by atoms with E-state index in [-0.39, 0.29) is 19.2 Å². The smallest absolute Gasteiger partial charge is 0.402 e. The van der Waals surface area contributed by atoms with Gasteiger partial charge in [0.1, 0.15) is 17.0 Å². The molecule has 4 aromatic rings. The molecular formula is C23H20ClN3O5S2. The van der Waals surface area contributed by atoms with Crippen LogP contribution >= 0.6 is 21.6 Å². The number of imidazole rings is 1. The van der Waals surface area contributed by atoms with Crippen LogP contribution in [0.5, 0.6) is 17.2 Å². The summed E-state index contributed by atoms with van der Waals surface area (Å²) < 4.78 is 18.5. The summed E-state index contributed by atoms with van der Waals surface area (Å²) in [7, 11) is 4.63. The van der Waals surface area contributed by atoms with Crippen LogP contribution in [0.2, 0.25) is 0 Å². The first-order valence-corrected chi connectivity index (χ1v) is 12.4. The van der Waals surface area contributed by atoms with E-state index in [1.807, 2.05) is 48.0 Å². The summed E-state index contributed by atoms with van der Waals surface area (Å²) in [5.41, 5.74) is 3.88. The standard InChI is InChI=1S/C23H19N3O5S2.ClH/c1-13-17(11-32-33-21-6-4-3-5-14(21)22(27)28)26(8-7-18(13)29-2)23-24-15-9-19-20(31-12-30-19)10-16(15)25-23;/h3-10H,11-12H2,1-2H3,(H-,24,25,27,28);1H. The molecule has 0 bridgehead atoms. The molecule has 8 nitrogen and oxygen atoms in total. The molecule has 5 rings (SSSR count). The summed E-state index contributed by atoms with van der Waals surface area (Å²) in [5, 5.41) is 9.44. The maximum absolute atomic E-state index is 11.5. The van der Waals surface area contributed by atoms with Gasteiger partial charge < -0.3 is 31.7 Å². The number of nitrogens with one attached hydrogen (secondary N) is 1. The molecule has 0 spiro atoms. The normalized spacial score (nSPS) is 11.9. The molecule has 0 radical (unpaired) electrons. The molecule has 3 heterocycles. The number of nitrogens with zero attached hydrogens (tertiary/aromatic N) is 2. The van der Waals surface area contributed by atoms with Crippen LogP contribution in [-0.2, 0) is 5.75 Å². The Bertz CT molecular complexity index is 1340. The van der Waals surface area contributed by atoms with Crippen LogP contribution in [0.25, 0.3) is 17.0 Å². The van der Waals surface area contributed by atoms with Crippen molar-refractivity contribution in [3.8, 4) is 23.2 Å².